The van der Waals surface area contributed by atoms with Crippen LogP contribution in [-0.4, -0.2) is 106 Å². The van der Waals surface area contributed by atoms with Gasteiger partial charge in [-0.2, -0.15) is 0 Å². The van der Waals surface area contributed by atoms with Crippen LogP contribution in [0.25, 0.3) is 0 Å². The van der Waals surface area contributed by atoms with Gasteiger partial charge in [0.1, 0.15) is 29.4 Å². The van der Waals surface area contributed by atoms with Crippen molar-refractivity contribution in [2.75, 3.05) is 32.2 Å². The van der Waals surface area contributed by atoms with Gasteiger partial charge in [0.25, 0.3) is 11.8 Å². The lowest BCUT2D eigenvalue weighted by Gasteiger charge is -2.49. The summed E-state index contributed by atoms with van der Waals surface area (Å²) in [5.41, 5.74) is 5.17. The minimum atomic E-state index is -1.38. The van der Waals surface area contributed by atoms with Crippen LogP contribution in [0.3, 0.4) is 0 Å². The number of thioether (sulfide) groups is 1. The molecule has 1 aromatic rings. The molecule has 2 aliphatic rings. The zero-order valence-electron chi connectivity index (χ0n) is 22.1. The van der Waals surface area contributed by atoms with Crippen LogP contribution in [0.5, 0.6) is 0 Å². The number of nitrogens with zero attached hydrogens (tertiary/aromatic N) is 4. The first-order valence-electron chi connectivity index (χ1n) is 11.7. The number of hydrogen-bond donors (Lipinski definition) is 3. The summed E-state index contributed by atoms with van der Waals surface area (Å²) >= 11 is 2.22. The van der Waals surface area contributed by atoms with Crippen LogP contribution in [0.4, 0.5) is 14.7 Å². The quantitative estimate of drug-likeness (QED) is 0.0678. The van der Waals surface area contributed by atoms with Crippen molar-refractivity contribution in [1.82, 2.24) is 20.1 Å². The molecule has 0 aliphatic carbocycles. The topological polar surface area (TPSA) is 212 Å². The van der Waals surface area contributed by atoms with Crippen LogP contribution >= 0.6 is 23.1 Å². The third-order valence-corrected chi connectivity index (χ3v) is 7.22. The molecule has 3 amide bonds. The van der Waals surface area contributed by atoms with Gasteiger partial charge in [-0.1, -0.05) is 5.16 Å². The van der Waals surface area contributed by atoms with Crippen molar-refractivity contribution < 1.29 is 48.1 Å². The highest BCUT2D eigenvalue weighted by Gasteiger charge is 2.55. The fraction of sp³-hybridized carbons (Fsp3) is 0.500. The number of fused-ring (bicyclic) bond motifs is 1. The molecule has 0 aromatic carbocycles. The highest BCUT2D eigenvalue weighted by atomic mass is 32.2. The molecule has 0 bridgehead atoms. The van der Waals surface area contributed by atoms with E-state index in [9.17, 15) is 29.2 Å². The molecule has 2 aliphatic heterocycles. The summed E-state index contributed by atoms with van der Waals surface area (Å²) in [5.74, 6) is -2.48. The molecule has 0 saturated carbocycles. The van der Waals surface area contributed by atoms with Gasteiger partial charge < -0.3 is 40.1 Å². The predicted molar refractivity (Wildman–Crippen MR) is 140 cm³/mol. The van der Waals surface area contributed by atoms with Crippen LogP contribution in [0.2, 0.25) is 0 Å². The summed E-state index contributed by atoms with van der Waals surface area (Å²) in [4.78, 5) is 69.1. The Balaban J connectivity index is 1.79. The van der Waals surface area contributed by atoms with Crippen molar-refractivity contribution in [3.8, 4) is 0 Å². The molecular formula is C22H28N6O10S2. The van der Waals surface area contributed by atoms with E-state index in [2.05, 4.69) is 15.5 Å². The maximum absolute atomic E-state index is 13.2. The van der Waals surface area contributed by atoms with E-state index >= 15 is 0 Å². The molecule has 0 spiro atoms. The molecule has 0 radical (unpaired) electrons. The third-order valence-electron chi connectivity index (χ3n) is 5.21. The van der Waals surface area contributed by atoms with Crippen LogP contribution in [0.15, 0.2) is 21.8 Å². The number of aromatic nitrogens is 1. The number of hydrogen-bond acceptors (Lipinski definition) is 15. The first-order chi connectivity index (χ1) is 18.8. The Labute approximate surface area is 236 Å². The monoisotopic (exact) mass is 600 g/mol. The van der Waals surface area contributed by atoms with E-state index in [1.54, 1.807) is 13.8 Å². The highest BCUT2D eigenvalue weighted by Crippen LogP contribution is 2.41. The summed E-state index contributed by atoms with van der Waals surface area (Å²) < 4.78 is 20.2. The maximum atomic E-state index is 13.2. The van der Waals surface area contributed by atoms with Gasteiger partial charge in [0.15, 0.2) is 10.8 Å². The number of thiazole rings is 1. The Bertz CT molecular complexity index is 1250. The Kier molecular flexibility index (Phi) is 9.80. The van der Waals surface area contributed by atoms with E-state index in [-0.39, 0.29) is 34.5 Å². The zero-order chi connectivity index (χ0) is 29.7. The van der Waals surface area contributed by atoms with Gasteiger partial charge in [-0.05, 0) is 13.8 Å². The van der Waals surface area contributed by atoms with Crippen LogP contribution in [0, 0.1) is 0 Å². The van der Waals surface area contributed by atoms with Crippen molar-refractivity contribution in [1.29, 1.82) is 0 Å². The number of anilines is 1. The smallest absolute Gasteiger partial charge is 0.445 e. The van der Waals surface area contributed by atoms with Crippen molar-refractivity contribution >= 4 is 64.0 Å². The van der Waals surface area contributed by atoms with Crippen LogP contribution in [0.1, 0.15) is 26.5 Å². The van der Waals surface area contributed by atoms with Crippen molar-refractivity contribution in [3.05, 3.63) is 22.3 Å². The predicted octanol–water partition coefficient (Wildman–Crippen LogP) is 0.707. The standard InChI is InChI=1S/C22H28N6O10S2/c1-9(2)36-22(33)38-10(3)37-19(31)15-11(6-35-21(32)27(4)5)7-39-18-14(17(30)28(15)18)25-16(29)13(26-34)12-8-40-20(23)24-12/h8-10,14,18,34H,6-7H2,1-5H3,(H2,23,24)(H,25,29)/t10?,14?,18-/m1/s1. The second-order valence-corrected chi connectivity index (χ2v) is 10.8. The summed E-state index contributed by atoms with van der Waals surface area (Å²) in [6.45, 7) is 4.16. The van der Waals surface area contributed by atoms with Gasteiger partial charge >= 0.3 is 18.2 Å². The summed E-state index contributed by atoms with van der Waals surface area (Å²) in [6.07, 6.45) is -3.60. The Morgan fingerprint density at radius 2 is 1.95 bits per heavy atom. The number of rotatable bonds is 9. The van der Waals surface area contributed by atoms with Crippen LogP contribution in [-0.2, 0) is 33.3 Å². The molecular weight excluding hydrogens is 572 g/mol. The summed E-state index contributed by atoms with van der Waals surface area (Å²) in [7, 11) is 2.95. The number of nitrogens with one attached hydrogen (secondary N) is 1. The van der Waals surface area contributed by atoms with Gasteiger partial charge in [0.05, 0.1) is 6.10 Å². The van der Waals surface area contributed by atoms with Gasteiger partial charge in [-0.15, -0.1) is 23.1 Å². The molecule has 3 rings (SSSR count). The summed E-state index contributed by atoms with van der Waals surface area (Å²) in [6, 6.07) is -1.10. The molecule has 218 valence electrons. The lowest BCUT2D eigenvalue weighted by Crippen LogP contribution is -2.71. The Morgan fingerprint density at radius 3 is 2.52 bits per heavy atom. The van der Waals surface area contributed by atoms with E-state index in [1.807, 2.05) is 0 Å². The number of nitrogens with two attached hydrogens (primary N) is 1. The number of ether oxygens (including phenoxy) is 4. The van der Waals surface area contributed by atoms with E-state index in [0.29, 0.717) is 0 Å². The molecule has 16 nitrogen and oxygen atoms in total. The van der Waals surface area contributed by atoms with E-state index in [0.717, 1.165) is 16.2 Å². The molecule has 3 heterocycles. The molecule has 3 atom stereocenters. The molecule has 1 aromatic heterocycles. The van der Waals surface area contributed by atoms with Gasteiger partial charge in [0.2, 0.25) is 6.29 Å². The first-order valence-corrected chi connectivity index (χ1v) is 13.6. The minimum absolute atomic E-state index is 0.0153. The first kappa shape index (κ1) is 30.5. The molecule has 2 unspecified atom stereocenters. The number of nitrogen functional groups attached to an aromatic ring is 1. The SMILES string of the molecule is CC(C)OC(=O)OC(C)OC(=O)C1=C(COC(=O)N(C)C)CS[C@@H]2C(NC(=O)C(=NO)c3csc(N)n3)C(=O)N12. The van der Waals surface area contributed by atoms with E-state index < -0.39 is 59.6 Å². The maximum Gasteiger partial charge on any atom is 0.511 e. The second-order valence-electron chi connectivity index (χ2n) is 8.79. The second kappa shape index (κ2) is 12.9. The zero-order valence-corrected chi connectivity index (χ0v) is 23.7. The molecule has 40 heavy (non-hydrogen) atoms. The Hall–Kier alpha value is -4.06. The average Bonchev–Trinajstić information content (AvgIpc) is 3.30. The van der Waals surface area contributed by atoms with Crippen molar-refractivity contribution in [2.24, 2.45) is 5.16 Å². The molecule has 1 saturated heterocycles. The number of carbonyl (C=O) groups is 5. The molecule has 1 fully saturated rings. The van der Waals surface area contributed by atoms with E-state index in [4.69, 9.17) is 24.7 Å². The third kappa shape index (κ3) is 6.92. The lowest BCUT2D eigenvalue weighted by molar-refractivity contribution is -0.169. The number of oxime groups is 1. The molecule has 4 N–H and O–H groups in total. The van der Waals surface area contributed by atoms with Gasteiger partial charge in [-0.25, -0.2) is 19.4 Å². The fourth-order valence-corrected chi connectivity index (χ4v) is 5.34. The van der Waals surface area contributed by atoms with Crippen molar-refractivity contribution in [2.45, 2.75) is 44.6 Å². The number of carbonyl (C=O) groups excluding carboxylic acids is 5. The Morgan fingerprint density at radius 1 is 1.25 bits per heavy atom. The number of esters is 1. The average molecular weight is 601 g/mol. The van der Waals surface area contributed by atoms with Crippen LogP contribution < -0.4 is 11.1 Å². The molecule has 18 heteroatoms. The number of amides is 3. The van der Waals surface area contributed by atoms with E-state index in [1.165, 1.54) is 43.1 Å². The minimum Gasteiger partial charge on any atom is -0.445 e. The van der Waals surface area contributed by atoms with Gasteiger partial charge in [0, 0.05) is 37.7 Å². The van der Waals surface area contributed by atoms with Crippen molar-refractivity contribution in [3.63, 3.8) is 0 Å². The largest absolute Gasteiger partial charge is 0.511 e. The normalized spacial score (nSPS) is 19.3. The number of β-lactam (4-membered cyclic amide) rings is 1. The lowest BCUT2D eigenvalue weighted by atomic mass is 10.0. The van der Waals surface area contributed by atoms with Gasteiger partial charge in [-0.3, -0.25) is 14.5 Å². The fourth-order valence-electron chi connectivity index (χ4n) is 3.47. The highest BCUT2D eigenvalue weighted by molar-refractivity contribution is 8.00. The summed E-state index contributed by atoms with van der Waals surface area (Å²) in [5, 5.41) is 15.6.